The van der Waals surface area contributed by atoms with Gasteiger partial charge in [-0.2, -0.15) is 8.78 Å². The molecule has 218 valence electrons. The third kappa shape index (κ3) is 5.40. The maximum absolute atomic E-state index is 16.5. The van der Waals surface area contributed by atoms with Gasteiger partial charge in [0.1, 0.15) is 11.6 Å². The Kier molecular flexibility index (Phi) is 7.32. The van der Waals surface area contributed by atoms with Gasteiger partial charge in [0.2, 0.25) is 5.78 Å². The summed E-state index contributed by atoms with van der Waals surface area (Å²) in [5.41, 5.74) is -1.66. The second kappa shape index (κ2) is 10.2. The molecule has 6 rings (SSSR count). The first-order chi connectivity index (χ1) is 18.7. The average Bonchev–Trinajstić information content (AvgIpc) is 3.35. The van der Waals surface area contributed by atoms with E-state index in [9.17, 15) is 19.2 Å². The summed E-state index contributed by atoms with van der Waals surface area (Å²) in [6.45, 7) is 6.70. The summed E-state index contributed by atoms with van der Waals surface area (Å²) in [4.78, 5) is 53.1. The second-order valence-corrected chi connectivity index (χ2v) is 13.5. The van der Waals surface area contributed by atoms with Crippen LogP contribution in [-0.2, 0) is 19.1 Å². The Morgan fingerprint density at radius 3 is 2.00 bits per heavy atom. The highest BCUT2D eigenvalue weighted by atomic mass is 19.3. The number of alkyl halides is 2. The number of carbonyl (C=O) groups is 4. The molecule has 1 aliphatic heterocycles. The van der Waals surface area contributed by atoms with Gasteiger partial charge in [-0.1, -0.05) is 24.3 Å². The molecule has 0 aromatic heterocycles. The number of hydrogen-bond acceptors (Lipinski definition) is 6. The zero-order valence-electron chi connectivity index (χ0n) is 23.7. The molecule has 5 fully saturated rings. The van der Waals surface area contributed by atoms with Gasteiger partial charge in [0.15, 0.2) is 11.9 Å². The fraction of sp³-hybridized carbons (Fsp3) is 0.677. The van der Waals surface area contributed by atoms with Crippen LogP contribution in [0, 0.1) is 23.2 Å². The number of carbonyl (C=O) groups excluding carboxylic acids is 4. The van der Waals surface area contributed by atoms with E-state index in [4.69, 9.17) is 9.47 Å². The maximum Gasteiger partial charge on any atom is 0.411 e. The van der Waals surface area contributed by atoms with E-state index in [0.717, 1.165) is 19.3 Å². The Labute approximate surface area is 233 Å². The number of hydrogen-bond donors (Lipinski definition) is 0. The summed E-state index contributed by atoms with van der Waals surface area (Å²) in [7, 11) is 0. The summed E-state index contributed by atoms with van der Waals surface area (Å²) >= 11 is 0. The van der Waals surface area contributed by atoms with E-state index in [1.54, 1.807) is 20.8 Å². The third-order valence-electron chi connectivity index (χ3n) is 9.16. The molecule has 1 aromatic rings. The van der Waals surface area contributed by atoms with Crippen molar-refractivity contribution < 1.29 is 37.4 Å². The monoisotopic (exact) mass is 559 g/mol. The minimum Gasteiger partial charge on any atom is -0.449 e. The van der Waals surface area contributed by atoms with E-state index in [2.05, 4.69) is 0 Å². The molecule has 40 heavy (non-hydrogen) atoms. The van der Waals surface area contributed by atoms with Gasteiger partial charge in [-0.05, 0) is 102 Å². The Morgan fingerprint density at radius 2 is 1.50 bits per heavy atom. The van der Waals surface area contributed by atoms with Crippen molar-refractivity contribution in [2.24, 2.45) is 23.2 Å². The molecule has 5 aliphatic rings. The van der Waals surface area contributed by atoms with Crippen molar-refractivity contribution in [3.8, 4) is 0 Å². The number of likely N-dealkylation sites (tertiary alicyclic amines) is 1. The van der Waals surface area contributed by atoms with Gasteiger partial charge in [0.25, 0.3) is 0 Å². The Morgan fingerprint density at radius 1 is 0.950 bits per heavy atom. The first-order valence-electron chi connectivity index (χ1n) is 14.4. The molecule has 2 atom stereocenters. The number of benzene rings is 1. The van der Waals surface area contributed by atoms with Gasteiger partial charge in [-0.3, -0.25) is 14.5 Å². The van der Waals surface area contributed by atoms with Crippen LogP contribution in [0.1, 0.15) is 101 Å². The van der Waals surface area contributed by atoms with Crippen molar-refractivity contribution in [1.82, 2.24) is 4.90 Å². The molecule has 4 aliphatic carbocycles. The number of halogens is 2. The lowest BCUT2D eigenvalue weighted by atomic mass is 9.48. The van der Waals surface area contributed by atoms with Crippen LogP contribution in [0.15, 0.2) is 24.3 Å². The van der Waals surface area contributed by atoms with E-state index >= 15 is 8.78 Å². The van der Waals surface area contributed by atoms with Crippen molar-refractivity contribution in [2.45, 2.75) is 103 Å². The SMILES string of the molecule is CC(=O)c1ccc(C(OC(=O)[C@@H]2CCCN2C(=O)OC(C)(C)C)C(F)(F)C(=O)C23CC4CC(CC(C4)C2)C3)cc1. The average molecular weight is 560 g/mol. The second-order valence-electron chi connectivity index (χ2n) is 13.5. The molecule has 0 N–H and O–H groups in total. The third-order valence-corrected chi connectivity index (χ3v) is 9.16. The van der Waals surface area contributed by atoms with Crippen LogP contribution < -0.4 is 0 Å². The van der Waals surface area contributed by atoms with Crippen LogP contribution in [0.5, 0.6) is 0 Å². The van der Waals surface area contributed by atoms with Gasteiger partial charge < -0.3 is 9.47 Å². The number of amides is 1. The fourth-order valence-corrected chi connectivity index (χ4v) is 7.85. The van der Waals surface area contributed by atoms with Crippen molar-refractivity contribution in [3.63, 3.8) is 0 Å². The molecule has 1 unspecified atom stereocenters. The number of ketones is 2. The summed E-state index contributed by atoms with van der Waals surface area (Å²) in [5, 5.41) is 0. The summed E-state index contributed by atoms with van der Waals surface area (Å²) in [6.07, 6.45) is 2.16. The summed E-state index contributed by atoms with van der Waals surface area (Å²) in [6, 6.07) is 4.32. The van der Waals surface area contributed by atoms with Crippen molar-refractivity contribution >= 4 is 23.6 Å². The Bertz CT molecular complexity index is 1150. The van der Waals surface area contributed by atoms with E-state index < -0.39 is 46.9 Å². The molecule has 4 saturated carbocycles. The number of Topliss-reactive ketones (excluding diaryl/α,β-unsaturated/α-hetero) is 2. The first kappa shape index (κ1) is 28.7. The first-order valence-corrected chi connectivity index (χ1v) is 14.4. The van der Waals surface area contributed by atoms with Crippen molar-refractivity contribution in [3.05, 3.63) is 35.4 Å². The summed E-state index contributed by atoms with van der Waals surface area (Å²) < 4.78 is 43.9. The molecule has 0 spiro atoms. The van der Waals surface area contributed by atoms with Crippen LogP contribution in [0.3, 0.4) is 0 Å². The van der Waals surface area contributed by atoms with Crippen LogP contribution in [0.2, 0.25) is 0 Å². The number of ether oxygens (including phenoxy) is 2. The lowest BCUT2D eigenvalue weighted by Crippen LogP contribution is -2.56. The normalized spacial score (nSPS) is 30.2. The molecule has 0 radical (unpaired) electrons. The minimum absolute atomic E-state index is 0.0664. The van der Waals surface area contributed by atoms with Crippen molar-refractivity contribution in [1.29, 1.82) is 0 Å². The molecule has 1 saturated heterocycles. The molecular weight excluding hydrogens is 520 g/mol. The predicted octanol–water partition coefficient (Wildman–Crippen LogP) is 6.29. The minimum atomic E-state index is -3.99. The van der Waals surface area contributed by atoms with Crippen LogP contribution in [-0.4, -0.2) is 52.6 Å². The zero-order valence-corrected chi connectivity index (χ0v) is 23.7. The topological polar surface area (TPSA) is 90.0 Å². The van der Waals surface area contributed by atoms with Crippen LogP contribution in [0.4, 0.5) is 13.6 Å². The van der Waals surface area contributed by atoms with Gasteiger partial charge >= 0.3 is 18.0 Å². The molecule has 4 bridgehead atoms. The molecule has 1 heterocycles. The largest absolute Gasteiger partial charge is 0.449 e. The van der Waals surface area contributed by atoms with Crippen molar-refractivity contribution in [2.75, 3.05) is 6.54 Å². The van der Waals surface area contributed by atoms with E-state index in [1.165, 1.54) is 36.1 Å². The lowest BCUT2D eigenvalue weighted by Gasteiger charge is -2.56. The highest BCUT2D eigenvalue weighted by Crippen LogP contribution is 2.62. The van der Waals surface area contributed by atoms with E-state index in [-0.39, 0.29) is 42.1 Å². The molecule has 1 amide bonds. The smallest absolute Gasteiger partial charge is 0.411 e. The van der Waals surface area contributed by atoms with E-state index in [1.807, 2.05) is 0 Å². The van der Waals surface area contributed by atoms with Crippen LogP contribution >= 0.6 is 0 Å². The molecule has 7 nitrogen and oxygen atoms in total. The lowest BCUT2D eigenvalue weighted by molar-refractivity contribution is -0.197. The number of esters is 1. The van der Waals surface area contributed by atoms with Gasteiger partial charge in [0, 0.05) is 17.5 Å². The maximum atomic E-state index is 16.5. The Hall–Kier alpha value is -2.84. The fourth-order valence-electron chi connectivity index (χ4n) is 7.85. The van der Waals surface area contributed by atoms with Gasteiger partial charge in [-0.15, -0.1) is 0 Å². The summed E-state index contributed by atoms with van der Waals surface area (Å²) in [5.74, 6) is -5.54. The van der Waals surface area contributed by atoms with Crippen LogP contribution in [0.25, 0.3) is 0 Å². The highest BCUT2D eigenvalue weighted by molar-refractivity contribution is 5.94. The highest BCUT2D eigenvalue weighted by Gasteiger charge is 2.63. The quantitative estimate of drug-likeness (QED) is 0.288. The number of nitrogens with zero attached hydrogens (tertiary/aromatic N) is 1. The van der Waals surface area contributed by atoms with E-state index in [0.29, 0.717) is 31.2 Å². The number of rotatable bonds is 7. The van der Waals surface area contributed by atoms with Gasteiger partial charge in [0.05, 0.1) is 0 Å². The zero-order chi connectivity index (χ0) is 29.0. The molecule has 1 aromatic carbocycles. The molecular formula is C31H39F2NO6. The molecule has 9 heteroatoms. The Balaban J connectivity index is 1.44. The predicted molar refractivity (Wildman–Crippen MR) is 142 cm³/mol. The van der Waals surface area contributed by atoms with Gasteiger partial charge in [-0.25, -0.2) is 9.59 Å². The standard InChI is InChI=1S/C31H39F2NO6/c1-18(35)22-7-9-23(10-8-22)25(39-26(36)24-6-5-11-34(24)28(38)40-29(2,3)4)31(32,33)27(37)30-15-19-12-20(16-30)14-21(13-19)17-30/h7-10,19-21,24-25H,5-6,11-17H2,1-4H3/t19?,20?,21?,24-,25?,30?/m0/s1.